The van der Waals surface area contributed by atoms with Crippen molar-refractivity contribution in [2.75, 3.05) is 13.1 Å². The number of rotatable bonds is 5. The maximum atomic E-state index is 12.8. The lowest BCUT2D eigenvalue weighted by Crippen LogP contribution is -2.44. The molecule has 1 aromatic heterocycles. The van der Waals surface area contributed by atoms with Crippen LogP contribution in [0.15, 0.2) is 47.5 Å². The molecule has 2 heterocycles. The monoisotopic (exact) mass is 364 g/mol. The van der Waals surface area contributed by atoms with Crippen molar-refractivity contribution in [1.82, 2.24) is 14.5 Å². The van der Waals surface area contributed by atoms with E-state index in [-0.39, 0.29) is 23.2 Å². The van der Waals surface area contributed by atoms with Crippen LogP contribution in [-0.4, -0.2) is 47.0 Å². The van der Waals surface area contributed by atoms with Crippen LogP contribution in [0.4, 0.5) is 5.69 Å². The van der Waals surface area contributed by atoms with Crippen LogP contribution < -0.4 is 4.74 Å². The molecule has 2 aromatic rings. The third-order valence-electron chi connectivity index (χ3n) is 3.84. The lowest BCUT2D eigenvalue weighted by molar-refractivity contribution is -0.385. The second-order valence-corrected chi connectivity index (χ2v) is 7.50. The van der Waals surface area contributed by atoms with Gasteiger partial charge in [-0.05, 0) is 25.0 Å². The quantitative estimate of drug-likeness (QED) is 0.584. The molecule has 3 rings (SSSR count). The van der Waals surface area contributed by atoms with Gasteiger partial charge in [0.15, 0.2) is 0 Å². The number of nitrogens with zero attached hydrogens (tertiary/aromatic N) is 4. The van der Waals surface area contributed by atoms with Gasteiger partial charge in [0.05, 0.1) is 16.4 Å². The first-order valence-corrected chi connectivity index (χ1v) is 9.10. The largest absolute Gasteiger partial charge is 0.472 e. The van der Waals surface area contributed by atoms with Crippen LogP contribution in [0.5, 0.6) is 5.88 Å². The molecule has 1 fully saturated rings. The molecule has 0 bridgehead atoms. The predicted molar refractivity (Wildman–Crippen MR) is 87.5 cm³/mol. The topological polar surface area (TPSA) is 116 Å². The van der Waals surface area contributed by atoms with Crippen LogP contribution in [0.2, 0.25) is 0 Å². The summed E-state index contributed by atoms with van der Waals surface area (Å²) < 4.78 is 32.5. The minimum Gasteiger partial charge on any atom is -0.472 e. The normalized spacial score (nSPS) is 18.6. The molecule has 1 aromatic carbocycles. The highest BCUT2D eigenvalue weighted by Gasteiger charge is 2.32. The maximum Gasteiger partial charge on any atom is 0.270 e. The van der Waals surface area contributed by atoms with Crippen molar-refractivity contribution in [3.8, 4) is 5.88 Å². The zero-order valence-corrected chi connectivity index (χ0v) is 14.0. The Morgan fingerprint density at radius 2 is 2.12 bits per heavy atom. The van der Waals surface area contributed by atoms with Gasteiger partial charge in [0.25, 0.3) is 5.69 Å². The van der Waals surface area contributed by atoms with E-state index >= 15 is 0 Å². The van der Waals surface area contributed by atoms with Crippen molar-refractivity contribution in [2.24, 2.45) is 0 Å². The number of non-ortho nitro benzene ring substituents is 1. The summed E-state index contributed by atoms with van der Waals surface area (Å²) >= 11 is 0. The Balaban J connectivity index is 1.78. The van der Waals surface area contributed by atoms with Crippen molar-refractivity contribution < 1.29 is 18.1 Å². The average Bonchev–Trinajstić information content (AvgIpc) is 2.63. The van der Waals surface area contributed by atoms with Crippen LogP contribution >= 0.6 is 0 Å². The summed E-state index contributed by atoms with van der Waals surface area (Å²) in [4.78, 5) is 10.2. The molecular weight excluding hydrogens is 348 g/mol. The molecule has 1 atom stereocenters. The Bertz CT molecular complexity index is 859. The Hall–Kier alpha value is -2.59. The van der Waals surface area contributed by atoms with E-state index in [4.69, 9.17) is 4.74 Å². The van der Waals surface area contributed by atoms with Gasteiger partial charge in [0.2, 0.25) is 15.9 Å². The lowest BCUT2D eigenvalue weighted by atomic mass is 10.1. The summed E-state index contributed by atoms with van der Waals surface area (Å²) in [5, 5.41) is 18.4. The summed E-state index contributed by atoms with van der Waals surface area (Å²) in [6.07, 6.45) is 2.49. The fourth-order valence-electron chi connectivity index (χ4n) is 2.65. The Morgan fingerprint density at radius 1 is 1.28 bits per heavy atom. The van der Waals surface area contributed by atoms with E-state index in [2.05, 4.69) is 10.2 Å². The molecule has 1 aliphatic rings. The predicted octanol–water partition coefficient (Wildman–Crippen LogP) is 1.62. The number of nitro groups is 1. The van der Waals surface area contributed by atoms with Crippen LogP contribution in [0.1, 0.15) is 12.8 Å². The van der Waals surface area contributed by atoms with Crippen LogP contribution in [0, 0.1) is 10.1 Å². The van der Waals surface area contributed by atoms with Gasteiger partial charge in [-0.15, -0.1) is 5.10 Å². The van der Waals surface area contributed by atoms with Crippen molar-refractivity contribution in [3.05, 3.63) is 52.7 Å². The van der Waals surface area contributed by atoms with E-state index in [0.717, 1.165) is 6.07 Å². The number of ether oxygens (including phenoxy) is 1. The highest BCUT2D eigenvalue weighted by atomic mass is 32.2. The van der Waals surface area contributed by atoms with Crippen molar-refractivity contribution in [2.45, 2.75) is 23.8 Å². The lowest BCUT2D eigenvalue weighted by Gasteiger charge is -2.31. The SMILES string of the molecule is O=[N+]([O-])c1cccc(S(=O)(=O)N2CCCC(Oc3cccnn3)C2)c1. The molecule has 1 unspecified atom stereocenters. The van der Waals surface area contributed by atoms with E-state index in [1.54, 1.807) is 12.1 Å². The van der Waals surface area contributed by atoms with E-state index in [0.29, 0.717) is 25.3 Å². The van der Waals surface area contributed by atoms with E-state index in [1.165, 1.54) is 28.7 Å². The Morgan fingerprint density at radius 3 is 2.84 bits per heavy atom. The summed E-state index contributed by atoms with van der Waals surface area (Å²) in [6, 6.07) is 8.39. The fraction of sp³-hybridized carbons (Fsp3) is 0.333. The van der Waals surface area contributed by atoms with Crippen LogP contribution in [0.25, 0.3) is 0 Å². The number of benzene rings is 1. The molecule has 0 aliphatic carbocycles. The number of piperidine rings is 1. The molecule has 10 heteroatoms. The number of aromatic nitrogens is 2. The van der Waals surface area contributed by atoms with Gasteiger partial charge in [0, 0.05) is 30.9 Å². The smallest absolute Gasteiger partial charge is 0.270 e. The van der Waals surface area contributed by atoms with Crippen LogP contribution in [0.3, 0.4) is 0 Å². The first-order valence-electron chi connectivity index (χ1n) is 7.66. The molecule has 25 heavy (non-hydrogen) atoms. The highest BCUT2D eigenvalue weighted by molar-refractivity contribution is 7.89. The van der Waals surface area contributed by atoms with Gasteiger partial charge in [-0.3, -0.25) is 10.1 Å². The maximum absolute atomic E-state index is 12.8. The fourth-order valence-corrected chi connectivity index (χ4v) is 4.20. The second kappa shape index (κ2) is 7.11. The van der Waals surface area contributed by atoms with Gasteiger partial charge >= 0.3 is 0 Å². The van der Waals surface area contributed by atoms with Gasteiger partial charge < -0.3 is 4.74 Å². The van der Waals surface area contributed by atoms with Gasteiger partial charge in [-0.2, -0.15) is 9.40 Å². The van der Waals surface area contributed by atoms with E-state index in [9.17, 15) is 18.5 Å². The highest BCUT2D eigenvalue weighted by Crippen LogP contribution is 2.25. The van der Waals surface area contributed by atoms with Gasteiger partial charge in [-0.1, -0.05) is 6.07 Å². The van der Waals surface area contributed by atoms with Crippen LogP contribution in [-0.2, 0) is 10.0 Å². The average molecular weight is 364 g/mol. The zero-order valence-electron chi connectivity index (χ0n) is 13.2. The molecule has 0 spiro atoms. The van der Waals surface area contributed by atoms with Crippen molar-refractivity contribution in [3.63, 3.8) is 0 Å². The molecule has 9 nitrogen and oxygen atoms in total. The third kappa shape index (κ3) is 3.91. The molecule has 132 valence electrons. The first kappa shape index (κ1) is 17.2. The van der Waals surface area contributed by atoms with Crippen molar-refractivity contribution in [1.29, 1.82) is 0 Å². The minimum absolute atomic E-state index is 0.0955. The Labute approximate surface area is 144 Å². The van der Waals surface area contributed by atoms with Crippen molar-refractivity contribution >= 4 is 15.7 Å². The zero-order chi connectivity index (χ0) is 17.9. The number of hydrogen-bond donors (Lipinski definition) is 0. The summed E-state index contributed by atoms with van der Waals surface area (Å²) in [6.45, 7) is 0.493. The molecule has 0 N–H and O–H groups in total. The van der Waals surface area contributed by atoms with Gasteiger partial charge in [-0.25, -0.2) is 8.42 Å². The standard InChI is InChI=1S/C15H16N4O5S/c20-19(21)12-4-1-6-14(10-12)25(22,23)18-9-3-5-13(11-18)24-15-7-2-8-16-17-15/h1-2,4,6-8,10,13H,3,5,9,11H2. The molecular formula is C15H16N4O5S. The number of hydrogen-bond acceptors (Lipinski definition) is 7. The summed E-state index contributed by atoms with van der Waals surface area (Å²) in [7, 11) is -3.83. The Kier molecular flexibility index (Phi) is 4.91. The molecule has 0 amide bonds. The number of sulfonamides is 1. The van der Waals surface area contributed by atoms with Gasteiger partial charge in [0.1, 0.15) is 6.10 Å². The number of nitro benzene ring substituents is 1. The second-order valence-electron chi connectivity index (χ2n) is 5.56. The molecule has 1 saturated heterocycles. The summed E-state index contributed by atoms with van der Waals surface area (Å²) in [5.41, 5.74) is -0.259. The first-order chi connectivity index (χ1) is 12.0. The molecule has 0 radical (unpaired) electrons. The summed E-state index contributed by atoms with van der Waals surface area (Å²) in [5.74, 6) is 0.335. The van der Waals surface area contributed by atoms with E-state index < -0.39 is 14.9 Å². The third-order valence-corrected chi connectivity index (χ3v) is 5.70. The molecule has 1 aliphatic heterocycles. The van der Waals surface area contributed by atoms with E-state index in [1.807, 2.05) is 0 Å². The molecule has 0 saturated carbocycles. The minimum atomic E-state index is -3.83.